The van der Waals surface area contributed by atoms with Crippen LogP contribution in [0.2, 0.25) is 5.02 Å². The first kappa shape index (κ1) is 26.4. The van der Waals surface area contributed by atoms with E-state index in [1.807, 2.05) is 6.92 Å². The molecule has 0 aliphatic carbocycles. The summed E-state index contributed by atoms with van der Waals surface area (Å²) < 4.78 is 12.9. The van der Waals surface area contributed by atoms with E-state index in [-0.39, 0.29) is 23.3 Å². The highest BCUT2D eigenvalue weighted by Crippen LogP contribution is 2.38. The number of methoxy groups -OCH3 is 1. The molecule has 0 spiro atoms. The van der Waals surface area contributed by atoms with Gasteiger partial charge in [-0.2, -0.15) is 0 Å². The van der Waals surface area contributed by atoms with Gasteiger partial charge in [-0.3, -0.25) is 9.36 Å². The van der Waals surface area contributed by atoms with Crippen molar-refractivity contribution in [3.63, 3.8) is 0 Å². The summed E-state index contributed by atoms with van der Waals surface area (Å²) in [6, 6.07) is 10.4. The molecule has 0 bridgehead atoms. The number of esters is 1. The lowest BCUT2D eigenvalue weighted by Crippen LogP contribution is -2.40. The van der Waals surface area contributed by atoms with Crippen LogP contribution >= 0.6 is 22.9 Å². The number of ether oxygens (including phenoxy) is 2. The summed E-state index contributed by atoms with van der Waals surface area (Å²) in [5, 5.41) is 9.58. The number of carbonyl (C=O) groups is 2. The lowest BCUT2D eigenvalue weighted by Gasteiger charge is -2.27. The minimum Gasteiger partial charge on any atom is -0.496 e. The fraction of sp³-hybridized carbons (Fsp3) is 0.259. The summed E-state index contributed by atoms with van der Waals surface area (Å²) in [4.78, 5) is 43.4. The summed E-state index contributed by atoms with van der Waals surface area (Å²) in [5.41, 5.74) is 1.82. The van der Waals surface area contributed by atoms with Gasteiger partial charge in [-0.05, 0) is 55.3 Å². The first-order valence-corrected chi connectivity index (χ1v) is 12.9. The molecule has 8 nitrogen and oxygen atoms in total. The van der Waals surface area contributed by atoms with Crippen molar-refractivity contribution in [3.8, 4) is 5.75 Å². The van der Waals surface area contributed by atoms with Crippen molar-refractivity contribution >= 4 is 41.0 Å². The van der Waals surface area contributed by atoms with E-state index in [1.54, 1.807) is 43.3 Å². The average molecular weight is 541 g/mol. The Bertz CT molecular complexity index is 1570. The second kappa shape index (κ2) is 11.1. The summed E-state index contributed by atoms with van der Waals surface area (Å²) in [7, 11) is 1.51. The lowest BCUT2D eigenvalue weighted by molar-refractivity contribution is -0.139. The predicted octanol–water partition coefficient (Wildman–Crippen LogP) is 3.94. The fourth-order valence-corrected chi connectivity index (χ4v) is 5.41. The van der Waals surface area contributed by atoms with Crippen LogP contribution in [0.1, 0.15) is 54.2 Å². The molecule has 0 fully saturated rings. The van der Waals surface area contributed by atoms with Gasteiger partial charge in [0, 0.05) is 10.6 Å². The molecule has 3 aromatic rings. The van der Waals surface area contributed by atoms with Gasteiger partial charge in [-0.25, -0.2) is 14.6 Å². The largest absolute Gasteiger partial charge is 0.496 e. The van der Waals surface area contributed by atoms with Crippen LogP contribution in [0.4, 0.5) is 0 Å². The number of allylic oxidation sites excluding steroid dienone is 1. The molecule has 0 saturated heterocycles. The Labute approximate surface area is 221 Å². The molecule has 1 aromatic heterocycles. The summed E-state index contributed by atoms with van der Waals surface area (Å²) in [6.45, 7) is 3.87. The van der Waals surface area contributed by atoms with E-state index in [0.29, 0.717) is 43.4 Å². The van der Waals surface area contributed by atoms with Crippen molar-refractivity contribution in [1.82, 2.24) is 4.57 Å². The van der Waals surface area contributed by atoms with Gasteiger partial charge in [0.2, 0.25) is 0 Å². The molecule has 2 heterocycles. The normalized spacial score (nSPS) is 15.2. The zero-order valence-electron chi connectivity index (χ0n) is 20.5. The number of benzene rings is 2. The predicted molar refractivity (Wildman–Crippen MR) is 141 cm³/mol. The molecule has 1 aliphatic rings. The Morgan fingerprint density at radius 2 is 1.92 bits per heavy atom. The van der Waals surface area contributed by atoms with Gasteiger partial charge in [0.15, 0.2) is 4.80 Å². The molecule has 10 heteroatoms. The summed E-state index contributed by atoms with van der Waals surface area (Å²) >= 11 is 7.54. The van der Waals surface area contributed by atoms with Gasteiger partial charge in [0.05, 0.1) is 35.1 Å². The Balaban J connectivity index is 2.01. The van der Waals surface area contributed by atoms with Gasteiger partial charge >= 0.3 is 11.9 Å². The number of hydrogen-bond acceptors (Lipinski definition) is 7. The quantitative estimate of drug-likeness (QED) is 0.434. The van der Waals surface area contributed by atoms with Crippen molar-refractivity contribution in [2.24, 2.45) is 4.99 Å². The molecule has 0 amide bonds. The van der Waals surface area contributed by atoms with Crippen LogP contribution in [-0.4, -0.2) is 35.3 Å². The fourth-order valence-electron chi connectivity index (χ4n) is 4.21. The van der Waals surface area contributed by atoms with Crippen LogP contribution in [0.3, 0.4) is 0 Å². The first-order chi connectivity index (χ1) is 17.8. The number of aromatic nitrogens is 1. The average Bonchev–Trinajstić information content (AvgIpc) is 3.18. The minimum absolute atomic E-state index is 0.148. The third kappa shape index (κ3) is 5.23. The molecule has 37 heavy (non-hydrogen) atoms. The Morgan fingerprint density at radius 1 is 1.19 bits per heavy atom. The van der Waals surface area contributed by atoms with E-state index in [0.717, 1.165) is 6.42 Å². The minimum atomic E-state index is -1.03. The van der Waals surface area contributed by atoms with E-state index in [1.165, 1.54) is 35.1 Å². The molecule has 1 N–H and O–H groups in total. The Kier molecular flexibility index (Phi) is 7.94. The van der Waals surface area contributed by atoms with E-state index in [9.17, 15) is 14.4 Å². The Morgan fingerprint density at radius 3 is 2.54 bits per heavy atom. The highest BCUT2D eigenvalue weighted by atomic mass is 35.5. The maximum Gasteiger partial charge on any atom is 0.338 e. The number of rotatable bonds is 8. The van der Waals surface area contributed by atoms with E-state index in [2.05, 4.69) is 0 Å². The number of carboxylic acid groups (broad SMARTS) is 1. The molecule has 4 rings (SSSR count). The van der Waals surface area contributed by atoms with Crippen molar-refractivity contribution in [2.75, 3.05) is 13.7 Å². The number of thiazole rings is 1. The molecule has 2 aromatic carbocycles. The highest BCUT2D eigenvalue weighted by molar-refractivity contribution is 7.07. The van der Waals surface area contributed by atoms with Gasteiger partial charge < -0.3 is 14.6 Å². The van der Waals surface area contributed by atoms with Crippen LogP contribution in [0.5, 0.6) is 5.75 Å². The number of carbonyl (C=O) groups excluding carboxylic acids is 1. The highest BCUT2D eigenvalue weighted by Gasteiger charge is 2.36. The standard InChI is InChI=1S/C27H25ClN2O6S/c1-4-6-19-22(26(34)36-5-2)23(18-14-17(28)11-12-20(18)35-3)30-24(31)21(37-27(30)29-19)13-15-7-9-16(10-8-15)25(32)33/h7-14,23H,4-6H2,1-3H3,(H,32,33)/b21-13+/t23-/m0/s1. The van der Waals surface area contributed by atoms with Crippen LogP contribution in [-0.2, 0) is 9.53 Å². The maximum atomic E-state index is 13.8. The number of halogens is 1. The van der Waals surface area contributed by atoms with Crippen LogP contribution in [0, 0.1) is 0 Å². The zero-order valence-corrected chi connectivity index (χ0v) is 22.1. The van der Waals surface area contributed by atoms with Gasteiger partial charge in [0.25, 0.3) is 5.56 Å². The lowest BCUT2D eigenvalue weighted by atomic mass is 9.93. The SMILES string of the molecule is CCCC1=C(C(=O)OCC)[C@H](c2cc(Cl)ccc2OC)n2c(s/c(=C/c3ccc(C(=O)O)cc3)c2=O)=N1. The number of nitrogens with zero attached hydrogens (tertiary/aromatic N) is 2. The van der Waals surface area contributed by atoms with E-state index < -0.39 is 18.0 Å². The number of hydrogen-bond donors (Lipinski definition) is 1. The van der Waals surface area contributed by atoms with Crippen LogP contribution < -0.4 is 19.6 Å². The number of carboxylic acids is 1. The maximum absolute atomic E-state index is 13.8. The number of fused-ring (bicyclic) bond motifs is 1. The zero-order chi connectivity index (χ0) is 26.7. The van der Waals surface area contributed by atoms with Crippen LogP contribution in [0.15, 0.2) is 63.5 Å². The first-order valence-electron chi connectivity index (χ1n) is 11.7. The van der Waals surface area contributed by atoms with Gasteiger partial charge in [0.1, 0.15) is 11.8 Å². The van der Waals surface area contributed by atoms with E-state index >= 15 is 0 Å². The van der Waals surface area contributed by atoms with Crippen molar-refractivity contribution in [3.05, 3.63) is 95.1 Å². The second-order valence-corrected chi connectivity index (χ2v) is 9.67. The summed E-state index contributed by atoms with van der Waals surface area (Å²) in [6.07, 6.45) is 2.91. The third-order valence-corrected chi connectivity index (χ3v) is 7.05. The number of aromatic carboxylic acids is 1. The molecule has 0 radical (unpaired) electrons. The van der Waals surface area contributed by atoms with Gasteiger partial charge in [-0.15, -0.1) is 0 Å². The molecule has 0 saturated carbocycles. The molecular formula is C27H25ClN2O6S. The Hall–Kier alpha value is -3.69. The third-order valence-electron chi connectivity index (χ3n) is 5.83. The second-order valence-electron chi connectivity index (χ2n) is 8.23. The van der Waals surface area contributed by atoms with E-state index in [4.69, 9.17) is 31.2 Å². The smallest absolute Gasteiger partial charge is 0.338 e. The molecule has 192 valence electrons. The topological polar surface area (TPSA) is 107 Å². The monoisotopic (exact) mass is 540 g/mol. The molecular weight excluding hydrogens is 516 g/mol. The molecule has 0 unspecified atom stereocenters. The molecule has 1 atom stereocenters. The van der Waals surface area contributed by atoms with Gasteiger partial charge in [-0.1, -0.05) is 48.4 Å². The summed E-state index contributed by atoms with van der Waals surface area (Å²) in [5.74, 6) is -1.12. The van der Waals surface area contributed by atoms with Crippen molar-refractivity contribution < 1.29 is 24.2 Å². The molecule has 1 aliphatic heterocycles. The van der Waals surface area contributed by atoms with Crippen molar-refractivity contribution in [1.29, 1.82) is 0 Å². The van der Waals surface area contributed by atoms with Crippen LogP contribution in [0.25, 0.3) is 6.08 Å². The van der Waals surface area contributed by atoms with Crippen molar-refractivity contribution in [2.45, 2.75) is 32.7 Å².